The number of halogens is 1. The van der Waals surface area contributed by atoms with Gasteiger partial charge in [-0.3, -0.25) is 4.79 Å². The van der Waals surface area contributed by atoms with Gasteiger partial charge in [-0.25, -0.2) is 0 Å². The molecule has 0 spiro atoms. The summed E-state index contributed by atoms with van der Waals surface area (Å²) in [5.74, 6) is 0.368. The van der Waals surface area contributed by atoms with Gasteiger partial charge in [-0.2, -0.15) is 0 Å². The number of para-hydroxylation sites is 1. The van der Waals surface area contributed by atoms with Crippen LogP contribution in [0.1, 0.15) is 28.3 Å². The number of carbonyl (C=O) groups is 1. The predicted octanol–water partition coefficient (Wildman–Crippen LogP) is 3.54. The van der Waals surface area contributed by atoms with Crippen molar-refractivity contribution in [3.63, 3.8) is 0 Å². The van der Waals surface area contributed by atoms with Crippen molar-refractivity contribution in [3.05, 3.63) is 64.1 Å². The zero-order chi connectivity index (χ0) is 14.8. The first-order valence-corrected chi connectivity index (χ1v) is 7.87. The molecule has 1 unspecified atom stereocenters. The van der Waals surface area contributed by atoms with Crippen LogP contribution in [0.15, 0.2) is 53.0 Å². The Morgan fingerprint density at radius 3 is 2.67 bits per heavy atom. The average Bonchev–Trinajstić information content (AvgIpc) is 2.87. The quantitative estimate of drug-likeness (QED) is 0.925. The van der Waals surface area contributed by atoms with E-state index in [1.165, 1.54) is 5.56 Å². The Kier molecular flexibility index (Phi) is 4.08. The van der Waals surface area contributed by atoms with Crippen LogP contribution in [0.5, 0.6) is 0 Å². The average molecular weight is 345 g/mol. The molecule has 2 aromatic rings. The second-order valence-electron chi connectivity index (χ2n) is 5.23. The number of nitrogens with zero attached hydrogens (tertiary/aromatic N) is 1. The van der Waals surface area contributed by atoms with Gasteiger partial charge in [-0.15, -0.1) is 0 Å². The van der Waals surface area contributed by atoms with E-state index in [2.05, 4.69) is 22.0 Å². The summed E-state index contributed by atoms with van der Waals surface area (Å²) in [6, 6.07) is 15.7. The van der Waals surface area contributed by atoms with E-state index in [-0.39, 0.29) is 5.91 Å². The van der Waals surface area contributed by atoms with E-state index in [4.69, 9.17) is 5.73 Å². The summed E-state index contributed by atoms with van der Waals surface area (Å²) in [6.45, 7) is 1.34. The Bertz CT molecular complexity index is 671. The highest BCUT2D eigenvalue weighted by atomic mass is 79.9. The molecule has 0 bridgehead atoms. The van der Waals surface area contributed by atoms with Crippen LogP contribution in [-0.2, 0) is 0 Å². The minimum absolute atomic E-state index is 0.0365. The summed E-state index contributed by atoms with van der Waals surface area (Å²) in [6.07, 6.45) is 0.900. The summed E-state index contributed by atoms with van der Waals surface area (Å²) in [7, 11) is 0. The normalized spacial score (nSPS) is 16.9. The smallest absolute Gasteiger partial charge is 0.259 e. The molecule has 0 fully saturated rings. The molecule has 3 rings (SSSR count). The van der Waals surface area contributed by atoms with E-state index in [9.17, 15) is 4.79 Å². The van der Waals surface area contributed by atoms with E-state index in [0.717, 1.165) is 16.6 Å². The van der Waals surface area contributed by atoms with Gasteiger partial charge in [0, 0.05) is 22.6 Å². The molecule has 21 heavy (non-hydrogen) atoms. The van der Waals surface area contributed by atoms with Gasteiger partial charge < -0.3 is 10.6 Å². The molecule has 1 heterocycles. The van der Waals surface area contributed by atoms with Gasteiger partial charge in [-0.1, -0.05) is 30.3 Å². The lowest BCUT2D eigenvalue weighted by atomic mass is 9.98. The molecule has 1 atom stereocenters. The standard InChI is InChI=1S/C17H17BrN2O/c18-15-7-3-1-6-14(15)17(21)20-11-12(9-10-19)13-5-2-4-8-16(13)20/h1-8,12H,9-11,19H2. The molecule has 1 aliphatic rings. The lowest BCUT2D eigenvalue weighted by Crippen LogP contribution is -2.30. The fourth-order valence-electron chi connectivity index (χ4n) is 2.92. The lowest BCUT2D eigenvalue weighted by molar-refractivity contribution is 0.0987. The fourth-order valence-corrected chi connectivity index (χ4v) is 3.37. The van der Waals surface area contributed by atoms with Gasteiger partial charge in [0.1, 0.15) is 0 Å². The first kappa shape index (κ1) is 14.3. The molecule has 1 amide bonds. The minimum Gasteiger partial charge on any atom is -0.330 e. The number of carbonyl (C=O) groups excluding carboxylic acids is 1. The monoisotopic (exact) mass is 344 g/mol. The van der Waals surface area contributed by atoms with Gasteiger partial charge >= 0.3 is 0 Å². The number of hydrogen-bond donors (Lipinski definition) is 1. The maximum absolute atomic E-state index is 12.8. The molecule has 0 saturated heterocycles. The molecule has 108 valence electrons. The Balaban J connectivity index is 1.97. The number of rotatable bonds is 3. The van der Waals surface area contributed by atoms with Gasteiger partial charge in [0.25, 0.3) is 5.91 Å². The number of benzene rings is 2. The molecule has 0 aliphatic carbocycles. The summed E-state index contributed by atoms with van der Waals surface area (Å²) in [5.41, 5.74) is 8.64. The first-order valence-electron chi connectivity index (χ1n) is 7.07. The zero-order valence-corrected chi connectivity index (χ0v) is 13.2. The van der Waals surface area contributed by atoms with Crippen molar-refractivity contribution in [3.8, 4) is 0 Å². The number of nitrogens with two attached hydrogens (primary N) is 1. The molecule has 2 aromatic carbocycles. The highest BCUT2D eigenvalue weighted by molar-refractivity contribution is 9.10. The summed E-state index contributed by atoms with van der Waals surface area (Å²) < 4.78 is 0.828. The highest BCUT2D eigenvalue weighted by Gasteiger charge is 2.32. The van der Waals surface area contributed by atoms with E-state index in [1.807, 2.05) is 47.4 Å². The van der Waals surface area contributed by atoms with Crippen LogP contribution < -0.4 is 10.6 Å². The van der Waals surface area contributed by atoms with Crippen LogP contribution in [0.25, 0.3) is 0 Å². The zero-order valence-electron chi connectivity index (χ0n) is 11.6. The van der Waals surface area contributed by atoms with E-state index >= 15 is 0 Å². The van der Waals surface area contributed by atoms with Crippen molar-refractivity contribution in [2.75, 3.05) is 18.0 Å². The minimum atomic E-state index is 0.0365. The van der Waals surface area contributed by atoms with Crippen molar-refractivity contribution in [1.82, 2.24) is 0 Å². The van der Waals surface area contributed by atoms with Crippen molar-refractivity contribution in [2.24, 2.45) is 5.73 Å². The molecule has 4 heteroatoms. The van der Waals surface area contributed by atoms with Gasteiger partial charge in [0.2, 0.25) is 0 Å². The molecular formula is C17H17BrN2O. The second-order valence-corrected chi connectivity index (χ2v) is 6.08. The summed E-state index contributed by atoms with van der Waals surface area (Å²) in [5, 5.41) is 0. The Hall–Kier alpha value is -1.65. The van der Waals surface area contributed by atoms with Crippen LogP contribution in [-0.4, -0.2) is 19.0 Å². The fraction of sp³-hybridized carbons (Fsp3) is 0.235. The van der Waals surface area contributed by atoms with Crippen LogP contribution in [0.2, 0.25) is 0 Å². The third-order valence-corrected chi connectivity index (χ3v) is 4.63. The van der Waals surface area contributed by atoms with Crippen LogP contribution in [0.3, 0.4) is 0 Å². The molecule has 0 saturated carbocycles. The Morgan fingerprint density at radius 1 is 1.19 bits per heavy atom. The predicted molar refractivity (Wildman–Crippen MR) is 88.7 cm³/mol. The van der Waals surface area contributed by atoms with Gasteiger partial charge in [-0.05, 0) is 52.7 Å². The maximum atomic E-state index is 12.8. The van der Waals surface area contributed by atoms with Crippen LogP contribution in [0, 0.1) is 0 Å². The van der Waals surface area contributed by atoms with Crippen molar-refractivity contribution in [2.45, 2.75) is 12.3 Å². The molecule has 0 aromatic heterocycles. The van der Waals surface area contributed by atoms with E-state index in [1.54, 1.807) is 0 Å². The number of anilines is 1. The van der Waals surface area contributed by atoms with E-state index < -0.39 is 0 Å². The molecular weight excluding hydrogens is 328 g/mol. The first-order chi connectivity index (χ1) is 10.2. The third kappa shape index (κ3) is 2.61. The topological polar surface area (TPSA) is 46.3 Å². The Labute approximate surface area is 132 Å². The Morgan fingerprint density at radius 2 is 1.90 bits per heavy atom. The molecule has 0 radical (unpaired) electrons. The highest BCUT2D eigenvalue weighted by Crippen LogP contribution is 2.38. The van der Waals surface area contributed by atoms with Gasteiger partial charge in [0.15, 0.2) is 0 Å². The van der Waals surface area contributed by atoms with Crippen LogP contribution in [0.4, 0.5) is 5.69 Å². The van der Waals surface area contributed by atoms with Crippen LogP contribution >= 0.6 is 15.9 Å². The second kappa shape index (κ2) is 6.00. The van der Waals surface area contributed by atoms with Crippen molar-refractivity contribution < 1.29 is 4.79 Å². The number of fused-ring (bicyclic) bond motifs is 1. The largest absolute Gasteiger partial charge is 0.330 e. The number of hydrogen-bond acceptors (Lipinski definition) is 2. The maximum Gasteiger partial charge on any atom is 0.259 e. The SMILES string of the molecule is NCCC1CN(C(=O)c2ccccc2Br)c2ccccc21. The van der Waals surface area contributed by atoms with E-state index in [0.29, 0.717) is 24.6 Å². The van der Waals surface area contributed by atoms with Gasteiger partial charge in [0.05, 0.1) is 5.56 Å². The molecule has 3 nitrogen and oxygen atoms in total. The molecule has 2 N–H and O–H groups in total. The van der Waals surface area contributed by atoms with Crippen molar-refractivity contribution in [1.29, 1.82) is 0 Å². The molecule has 1 aliphatic heterocycles. The lowest BCUT2D eigenvalue weighted by Gasteiger charge is -2.18. The summed E-state index contributed by atoms with van der Waals surface area (Å²) >= 11 is 3.46. The number of amides is 1. The van der Waals surface area contributed by atoms with Crippen molar-refractivity contribution >= 4 is 27.5 Å². The summed E-state index contributed by atoms with van der Waals surface area (Å²) in [4.78, 5) is 14.7. The third-order valence-electron chi connectivity index (χ3n) is 3.93.